The van der Waals surface area contributed by atoms with E-state index in [1.165, 1.54) is 4.90 Å². The van der Waals surface area contributed by atoms with Crippen molar-refractivity contribution in [1.29, 1.82) is 0 Å². The highest BCUT2D eigenvalue weighted by Gasteiger charge is 2.46. The van der Waals surface area contributed by atoms with E-state index in [-0.39, 0.29) is 89.7 Å². The second kappa shape index (κ2) is 24.5. The predicted octanol–water partition coefficient (Wildman–Crippen LogP) is 10.4. The van der Waals surface area contributed by atoms with Gasteiger partial charge in [-0.3, -0.25) is 24.4 Å². The van der Waals surface area contributed by atoms with E-state index in [1.807, 2.05) is 115 Å². The van der Waals surface area contributed by atoms with Crippen molar-refractivity contribution in [3.8, 4) is 39.3 Å². The summed E-state index contributed by atoms with van der Waals surface area (Å²) in [5.74, 6) is -1.03. The number of piperazine rings is 1. The number of amides is 3. The summed E-state index contributed by atoms with van der Waals surface area (Å²) in [6.07, 6.45) is 4.07. The van der Waals surface area contributed by atoms with Crippen LogP contribution in [0.15, 0.2) is 76.9 Å². The Kier molecular flexibility index (Phi) is 17.1. The first-order chi connectivity index (χ1) is 40.7. The van der Waals surface area contributed by atoms with Crippen molar-refractivity contribution in [3.63, 3.8) is 0 Å². The van der Waals surface area contributed by atoms with Gasteiger partial charge in [0.05, 0.1) is 52.3 Å². The summed E-state index contributed by atoms with van der Waals surface area (Å²) in [6, 6.07) is 17.2. The number of benzene rings is 3. The quantitative estimate of drug-likeness (QED) is 0.0771. The number of fused-ring (bicyclic) bond motifs is 4. The van der Waals surface area contributed by atoms with Gasteiger partial charge in [-0.25, -0.2) is 14.2 Å². The van der Waals surface area contributed by atoms with Crippen LogP contribution in [0.3, 0.4) is 0 Å². The van der Waals surface area contributed by atoms with Gasteiger partial charge in [0.2, 0.25) is 11.8 Å². The molecular weight excluding hydrogens is 1100 g/mol. The number of aromatic hydroxyl groups is 1. The van der Waals surface area contributed by atoms with Crippen LogP contribution < -0.4 is 19.7 Å². The minimum absolute atomic E-state index is 0.00552. The van der Waals surface area contributed by atoms with Crippen molar-refractivity contribution < 1.29 is 47.7 Å². The van der Waals surface area contributed by atoms with Gasteiger partial charge in [-0.1, -0.05) is 63.2 Å². The maximum atomic E-state index is 17.5. The number of likely N-dealkylation sites (tertiary alicyclic amines) is 2. The molecule has 0 radical (unpaired) electrons. The van der Waals surface area contributed by atoms with Crippen molar-refractivity contribution in [2.24, 2.45) is 11.8 Å². The molecule has 4 fully saturated rings. The molecule has 4 aliphatic heterocycles. The highest BCUT2D eigenvalue weighted by molar-refractivity contribution is 7.13. The molecule has 0 aliphatic carbocycles. The number of hydrogen-bond donors (Lipinski definition) is 3. The van der Waals surface area contributed by atoms with E-state index in [2.05, 4.69) is 25.3 Å². The number of aliphatic hydroxyl groups is 1. The third-order valence-electron chi connectivity index (χ3n) is 17.1. The number of anilines is 1. The van der Waals surface area contributed by atoms with E-state index < -0.39 is 35.6 Å². The average Bonchev–Trinajstić information content (AvgIpc) is 2.24. The molecule has 8 heterocycles. The van der Waals surface area contributed by atoms with E-state index in [1.54, 1.807) is 35.7 Å². The molecule has 2 unspecified atom stereocenters. The number of nitrogens with one attached hydrogen (secondary N) is 1. The van der Waals surface area contributed by atoms with Crippen molar-refractivity contribution in [2.45, 2.75) is 149 Å². The first-order valence-corrected chi connectivity index (χ1v) is 30.7. The maximum absolute atomic E-state index is 17.5. The molecule has 3 amide bonds. The van der Waals surface area contributed by atoms with Crippen molar-refractivity contribution in [3.05, 3.63) is 101 Å². The monoisotopic (exact) mass is 1180 g/mol. The zero-order valence-corrected chi connectivity index (χ0v) is 50.7. The average molecular weight is 1180 g/mol. The molecular formula is C64H77FN10O9S. The van der Waals surface area contributed by atoms with Crippen molar-refractivity contribution >= 4 is 56.7 Å². The molecule has 3 N–H and O–H groups in total. The largest absolute Gasteiger partial charge is 0.508 e. The lowest BCUT2D eigenvalue weighted by molar-refractivity contribution is -0.141. The summed E-state index contributed by atoms with van der Waals surface area (Å²) in [4.78, 5) is 69.4. The van der Waals surface area contributed by atoms with Crippen LogP contribution in [0.25, 0.3) is 43.4 Å². The molecule has 2 bridgehead atoms. The van der Waals surface area contributed by atoms with Gasteiger partial charge < -0.3 is 44.1 Å². The number of nitrogens with zero attached hydrogens (tertiary/aromatic N) is 9. The Morgan fingerprint density at radius 3 is 2.36 bits per heavy atom. The van der Waals surface area contributed by atoms with Gasteiger partial charge in [-0.2, -0.15) is 9.97 Å². The fourth-order valence-corrected chi connectivity index (χ4v) is 13.7. The third-order valence-corrected chi connectivity index (χ3v) is 18.1. The number of aromatic nitrogens is 5. The van der Waals surface area contributed by atoms with E-state index in [0.29, 0.717) is 55.2 Å². The van der Waals surface area contributed by atoms with Crippen LogP contribution in [-0.2, 0) is 20.7 Å². The summed E-state index contributed by atoms with van der Waals surface area (Å²) in [5, 5.41) is 31.0. The highest BCUT2D eigenvalue weighted by Crippen LogP contribution is 2.41. The minimum atomic E-state index is -0.865. The number of phenols is 1. The topological polar surface area (TPSA) is 222 Å². The first kappa shape index (κ1) is 59.2. The molecule has 21 heteroatoms. The number of pyridine rings is 1. The predicted molar refractivity (Wildman–Crippen MR) is 322 cm³/mol. The number of carbonyl (C=O) groups is 3. The maximum Gasteiger partial charge on any atom is 0.410 e. The van der Waals surface area contributed by atoms with Crippen LogP contribution in [0.4, 0.5) is 15.0 Å². The van der Waals surface area contributed by atoms with Gasteiger partial charge in [0.1, 0.15) is 46.4 Å². The van der Waals surface area contributed by atoms with Crippen LogP contribution in [0.5, 0.6) is 17.6 Å². The summed E-state index contributed by atoms with van der Waals surface area (Å²) >= 11 is 1.58. The van der Waals surface area contributed by atoms with Crippen molar-refractivity contribution in [1.82, 2.24) is 45.1 Å². The highest BCUT2D eigenvalue weighted by atomic mass is 32.1. The number of carbonyl (C=O) groups excluding carboxylic acids is 3. The summed E-state index contributed by atoms with van der Waals surface area (Å²) in [5.41, 5.74) is 5.66. The molecule has 4 aromatic heterocycles. The van der Waals surface area contributed by atoms with Crippen LogP contribution in [-0.4, -0.2) is 150 Å². The molecule has 7 atom stereocenters. The fourth-order valence-electron chi connectivity index (χ4n) is 12.9. The normalized spacial score (nSPS) is 20.5. The molecule has 0 saturated carbocycles. The van der Waals surface area contributed by atoms with Crippen LogP contribution >= 0.6 is 11.3 Å². The zero-order chi connectivity index (χ0) is 60.0. The Balaban J connectivity index is 0.730. The first-order valence-electron chi connectivity index (χ1n) is 29.8. The SMILES string of the molecule is CCc1cccc2cc(O)cc(-c3ncc4c(N5CC6CCC(C5)N6C(=O)OC(C)(C)C)nc(O[C@H](C)CN5CCC(COc6cc([C@H](C(=O)N7C[C@H](O)C[C@H]7C(=O)N[C@@H](C)c7ccc(-c8scnc8C)cc7)C(C)C)on6)CC5)nc4c3F)c12. The van der Waals surface area contributed by atoms with Gasteiger partial charge in [0, 0.05) is 50.4 Å². The Bertz CT molecular complexity index is 3570. The standard InChI is InChI=1S/C64H77FN10O9S/c1-10-40-12-11-13-43-24-46(76)25-48(54(40)43)56-55(65)57-49(28-66-56)59(73-30-44-18-19-45(31-73)75(44)63(80)83-64(7,8)9)70-62(69-57)82-36(4)29-72-22-20-39(21-23-72)33-81-52-27-51(84-71-52)53(35(2)3)61(79)74-32-47(77)26-50(74)60(78)68-37(5)41-14-16-42(17-15-41)58-38(6)67-34-85-58/h11-17,24-25,27-28,34-37,39,44-45,47,50,53,76-77H,10,18-23,26,29-33H2,1-9H3,(H,68,78)/t36-,37+,44?,45?,47-,50+,53-/m1/s1. The van der Waals surface area contributed by atoms with Crippen molar-refractivity contribution in [2.75, 3.05) is 50.8 Å². The number of halogens is 1. The van der Waals surface area contributed by atoms with Gasteiger partial charge in [0.15, 0.2) is 11.6 Å². The molecule has 450 valence electrons. The van der Waals surface area contributed by atoms with Gasteiger partial charge >= 0.3 is 12.1 Å². The van der Waals surface area contributed by atoms with Gasteiger partial charge in [-0.05, 0) is 143 Å². The number of aryl methyl sites for hydroxylation is 2. The Morgan fingerprint density at radius 1 is 0.941 bits per heavy atom. The fraction of sp³-hybridized carbons (Fsp3) is 0.500. The summed E-state index contributed by atoms with van der Waals surface area (Å²) < 4.78 is 41.9. The molecule has 4 saturated heterocycles. The zero-order valence-electron chi connectivity index (χ0n) is 49.9. The Morgan fingerprint density at radius 2 is 1.68 bits per heavy atom. The number of β-amino-alcohol motifs (C(OH)–C–C–N with tert-alkyl or cyclic N) is 1. The van der Waals surface area contributed by atoms with E-state index in [4.69, 9.17) is 33.7 Å². The number of phenolic OH excluding ortho intramolecular Hbond substituents is 1. The minimum Gasteiger partial charge on any atom is -0.508 e. The Hall–Kier alpha value is -7.49. The van der Waals surface area contributed by atoms with E-state index in [0.717, 1.165) is 76.8 Å². The van der Waals surface area contributed by atoms with Crippen LogP contribution in [0.2, 0.25) is 0 Å². The number of aliphatic hydroxyl groups excluding tert-OH is 1. The van der Waals surface area contributed by atoms with Gasteiger partial charge in [-0.15, -0.1) is 11.3 Å². The lowest BCUT2D eigenvalue weighted by Crippen LogP contribution is -2.57. The number of rotatable bonds is 17. The summed E-state index contributed by atoms with van der Waals surface area (Å²) in [6.45, 7) is 20.7. The molecule has 85 heavy (non-hydrogen) atoms. The third kappa shape index (κ3) is 12.6. The summed E-state index contributed by atoms with van der Waals surface area (Å²) in [7, 11) is 0. The number of hydrogen-bond acceptors (Lipinski definition) is 17. The van der Waals surface area contributed by atoms with E-state index in [9.17, 15) is 24.6 Å². The number of thiazole rings is 1. The molecule has 3 aromatic carbocycles. The smallest absolute Gasteiger partial charge is 0.410 e. The van der Waals surface area contributed by atoms with Crippen LogP contribution in [0, 0.1) is 24.6 Å². The second-order valence-corrected chi connectivity index (χ2v) is 25.7. The number of ether oxygens (including phenoxy) is 3. The molecule has 11 rings (SSSR count). The van der Waals surface area contributed by atoms with Crippen LogP contribution in [0.1, 0.15) is 122 Å². The molecule has 4 aliphatic rings. The lowest BCUT2D eigenvalue weighted by Gasteiger charge is -2.42. The van der Waals surface area contributed by atoms with Gasteiger partial charge in [0.25, 0.3) is 5.88 Å². The second-order valence-electron chi connectivity index (χ2n) is 24.8. The molecule has 0 spiro atoms. The molecule has 19 nitrogen and oxygen atoms in total. The lowest BCUT2D eigenvalue weighted by atomic mass is 9.91. The Labute approximate surface area is 498 Å². The number of piperidine rings is 1. The van der Waals surface area contributed by atoms with E-state index >= 15 is 4.39 Å². The molecule has 7 aromatic rings.